The van der Waals surface area contributed by atoms with Crippen molar-refractivity contribution in [1.82, 2.24) is 5.32 Å². The first-order chi connectivity index (χ1) is 18.0. The number of hydrogen-bond donors (Lipinski definition) is 2. The zero-order chi connectivity index (χ0) is 27.9. The van der Waals surface area contributed by atoms with Crippen molar-refractivity contribution in [1.29, 1.82) is 0 Å². The van der Waals surface area contributed by atoms with Gasteiger partial charge < -0.3 is 20.1 Å². The Morgan fingerprint density at radius 1 is 0.974 bits per heavy atom. The minimum Gasteiger partial charge on any atom is -0.482 e. The van der Waals surface area contributed by atoms with Crippen LogP contribution in [0.1, 0.15) is 40.0 Å². The Balaban J connectivity index is 1.47. The second kappa shape index (κ2) is 12.8. The molecule has 1 saturated carbocycles. The second-order valence-electron chi connectivity index (χ2n) is 9.56. The number of benzene rings is 2. The van der Waals surface area contributed by atoms with Gasteiger partial charge in [0.05, 0.1) is 10.6 Å². The van der Waals surface area contributed by atoms with Gasteiger partial charge in [-0.25, -0.2) is 13.2 Å². The number of ether oxygens (including phenoxy) is 2. The van der Waals surface area contributed by atoms with E-state index in [1.807, 2.05) is 0 Å². The van der Waals surface area contributed by atoms with E-state index >= 15 is 0 Å². The highest BCUT2D eigenvalue weighted by molar-refractivity contribution is 7.92. The fourth-order valence-electron chi connectivity index (χ4n) is 4.33. The van der Waals surface area contributed by atoms with E-state index in [9.17, 15) is 22.8 Å². The SMILES string of the molecule is CC(=O)Nc1ccc(S(=O)(=O)N(C)c2ccc(OCC(=O)OCC(=O)N[C@@H]3CCC[C@@H](C)[C@@H]3C)cc2)cc1. The van der Waals surface area contributed by atoms with Crippen molar-refractivity contribution >= 4 is 39.2 Å². The average Bonchev–Trinajstić information content (AvgIpc) is 2.88. The molecule has 0 unspecified atom stereocenters. The van der Waals surface area contributed by atoms with Crippen molar-refractivity contribution in [2.24, 2.45) is 11.8 Å². The number of nitrogens with zero attached hydrogens (tertiary/aromatic N) is 1. The Morgan fingerprint density at radius 2 is 1.63 bits per heavy atom. The minimum atomic E-state index is -3.84. The molecule has 3 rings (SSSR count). The Hall–Kier alpha value is -3.60. The van der Waals surface area contributed by atoms with Crippen molar-refractivity contribution < 1.29 is 32.3 Å². The summed E-state index contributed by atoms with van der Waals surface area (Å²) < 4.78 is 37.5. The maximum atomic E-state index is 13.0. The second-order valence-corrected chi connectivity index (χ2v) is 11.5. The fraction of sp³-hybridized carbons (Fsp3) is 0.444. The predicted molar refractivity (Wildman–Crippen MR) is 143 cm³/mol. The van der Waals surface area contributed by atoms with Crippen LogP contribution in [0.3, 0.4) is 0 Å². The molecule has 1 aliphatic carbocycles. The smallest absolute Gasteiger partial charge is 0.344 e. The lowest BCUT2D eigenvalue weighted by atomic mass is 9.78. The first-order valence-corrected chi connectivity index (χ1v) is 14.0. The molecule has 2 amide bonds. The van der Waals surface area contributed by atoms with Crippen molar-refractivity contribution in [3.63, 3.8) is 0 Å². The monoisotopic (exact) mass is 545 g/mol. The molecule has 0 aliphatic heterocycles. The van der Waals surface area contributed by atoms with E-state index < -0.39 is 22.6 Å². The van der Waals surface area contributed by atoms with Gasteiger partial charge in [-0.2, -0.15) is 0 Å². The van der Waals surface area contributed by atoms with Gasteiger partial charge in [-0.3, -0.25) is 13.9 Å². The molecule has 1 fully saturated rings. The van der Waals surface area contributed by atoms with E-state index in [1.54, 1.807) is 12.1 Å². The molecule has 1 aliphatic rings. The minimum absolute atomic E-state index is 0.0636. The number of carbonyl (C=O) groups is 3. The molecule has 38 heavy (non-hydrogen) atoms. The third-order valence-corrected chi connectivity index (χ3v) is 8.61. The zero-order valence-corrected chi connectivity index (χ0v) is 22.9. The van der Waals surface area contributed by atoms with E-state index in [0.29, 0.717) is 29.0 Å². The molecule has 10 nitrogen and oxygen atoms in total. The van der Waals surface area contributed by atoms with Crippen LogP contribution >= 0.6 is 0 Å². The molecule has 0 radical (unpaired) electrons. The number of esters is 1. The van der Waals surface area contributed by atoms with Gasteiger partial charge in [0.1, 0.15) is 5.75 Å². The largest absolute Gasteiger partial charge is 0.482 e. The Bertz CT molecular complexity index is 1230. The standard InChI is InChI=1S/C27H35N3O7S/c1-18-6-5-7-25(19(18)2)29-26(32)16-37-27(33)17-36-23-12-10-22(11-13-23)30(4)38(34,35)24-14-8-21(9-15-24)28-20(3)31/h8-15,18-19,25H,5-7,16-17H2,1-4H3,(H,28,31)(H,29,32)/t18-,19+,25-/m1/s1. The van der Waals surface area contributed by atoms with Crippen LogP contribution in [0.2, 0.25) is 0 Å². The molecule has 206 valence electrons. The maximum absolute atomic E-state index is 13.0. The van der Waals surface area contributed by atoms with Crippen LogP contribution < -0.4 is 19.7 Å². The van der Waals surface area contributed by atoms with Gasteiger partial charge in [0.2, 0.25) is 5.91 Å². The summed E-state index contributed by atoms with van der Waals surface area (Å²) in [6.45, 7) is 4.91. The number of anilines is 2. The molecule has 0 bridgehead atoms. The molecule has 0 saturated heterocycles. The lowest BCUT2D eigenvalue weighted by Crippen LogP contribution is -2.45. The summed E-state index contributed by atoms with van der Waals surface area (Å²) in [5.41, 5.74) is 0.877. The van der Waals surface area contributed by atoms with Crippen LogP contribution in [0.25, 0.3) is 0 Å². The number of rotatable bonds is 10. The van der Waals surface area contributed by atoms with Crippen molar-refractivity contribution in [2.75, 3.05) is 29.9 Å². The van der Waals surface area contributed by atoms with Gasteiger partial charge in [0.15, 0.2) is 13.2 Å². The van der Waals surface area contributed by atoms with E-state index in [1.165, 1.54) is 50.4 Å². The van der Waals surface area contributed by atoms with Crippen LogP contribution in [-0.4, -0.2) is 52.5 Å². The van der Waals surface area contributed by atoms with Crippen LogP contribution in [0, 0.1) is 11.8 Å². The van der Waals surface area contributed by atoms with Gasteiger partial charge in [-0.1, -0.05) is 26.7 Å². The Morgan fingerprint density at radius 3 is 2.26 bits per heavy atom. The molecule has 3 atom stereocenters. The predicted octanol–water partition coefficient (Wildman–Crippen LogP) is 3.33. The number of sulfonamides is 1. The lowest BCUT2D eigenvalue weighted by Gasteiger charge is -2.34. The summed E-state index contributed by atoms with van der Waals surface area (Å²) in [6.07, 6.45) is 3.14. The lowest BCUT2D eigenvalue weighted by molar-refractivity contribution is -0.150. The molecule has 2 aromatic rings. The van der Waals surface area contributed by atoms with Gasteiger partial charge in [0, 0.05) is 25.7 Å². The van der Waals surface area contributed by atoms with Crippen LogP contribution in [0.15, 0.2) is 53.4 Å². The summed E-state index contributed by atoms with van der Waals surface area (Å²) in [7, 11) is -2.42. The summed E-state index contributed by atoms with van der Waals surface area (Å²) in [5, 5.41) is 5.54. The van der Waals surface area contributed by atoms with Crippen molar-refractivity contribution in [3.8, 4) is 5.75 Å². The molecule has 0 aromatic heterocycles. The molecule has 0 spiro atoms. The molecule has 2 aromatic carbocycles. The van der Waals surface area contributed by atoms with Gasteiger partial charge in [0.25, 0.3) is 15.9 Å². The summed E-state index contributed by atoms with van der Waals surface area (Å²) >= 11 is 0. The van der Waals surface area contributed by atoms with Crippen LogP contribution in [0.5, 0.6) is 5.75 Å². The first-order valence-electron chi connectivity index (χ1n) is 12.5. The van der Waals surface area contributed by atoms with E-state index in [2.05, 4.69) is 24.5 Å². The highest BCUT2D eigenvalue weighted by Crippen LogP contribution is 2.29. The van der Waals surface area contributed by atoms with Gasteiger partial charge in [-0.15, -0.1) is 0 Å². The molecule has 0 heterocycles. The summed E-state index contributed by atoms with van der Waals surface area (Å²) in [5.74, 6) is -0.0129. The third kappa shape index (κ3) is 7.70. The van der Waals surface area contributed by atoms with Crippen molar-refractivity contribution in [3.05, 3.63) is 48.5 Å². The Kier molecular flexibility index (Phi) is 9.73. The third-order valence-electron chi connectivity index (χ3n) is 6.81. The number of carbonyl (C=O) groups excluding carboxylic acids is 3. The zero-order valence-electron chi connectivity index (χ0n) is 22.1. The van der Waals surface area contributed by atoms with Gasteiger partial charge in [-0.05, 0) is 66.8 Å². The number of hydrogen-bond acceptors (Lipinski definition) is 7. The summed E-state index contributed by atoms with van der Waals surface area (Å²) in [4.78, 5) is 35.4. The highest BCUT2D eigenvalue weighted by atomic mass is 32.2. The topological polar surface area (TPSA) is 131 Å². The average molecular weight is 546 g/mol. The van der Waals surface area contributed by atoms with Crippen LogP contribution in [0.4, 0.5) is 11.4 Å². The molecular formula is C27H35N3O7S. The quantitative estimate of drug-likeness (QED) is 0.438. The fourth-order valence-corrected chi connectivity index (χ4v) is 5.52. The van der Waals surface area contributed by atoms with Crippen LogP contribution in [-0.2, 0) is 29.1 Å². The molecule has 2 N–H and O–H groups in total. The van der Waals surface area contributed by atoms with Gasteiger partial charge >= 0.3 is 5.97 Å². The van der Waals surface area contributed by atoms with E-state index in [0.717, 1.165) is 23.6 Å². The Labute approximate surface area is 223 Å². The maximum Gasteiger partial charge on any atom is 0.344 e. The van der Waals surface area contributed by atoms with Crippen molar-refractivity contribution in [2.45, 2.75) is 51.0 Å². The molecular weight excluding hydrogens is 510 g/mol. The normalized spacial score (nSPS) is 19.2. The highest BCUT2D eigenvalue weighted by Gasteiger charge is 2.28. The number of nitrogens with one attached hydrogen (secondary N) is 2. The molecule has 11 heteroatoms. The van der Waals surface area contributed by atoms with E-state index in [4.69, 9.17) is 9.47 Å². The van der Waals surface area contributed by atoms with E-state index in [-0.39, 0.29) is 29.4 Å². The first kappa shape index (κ1) is 29.0. The number of amides is 2. The summed E-state index contributed by atoms with van der Waals surface area (Å²) in [6, 6.07) is 12.1.